The summed E-state index contributed by atoms with van der Waals surface area (Å²) in [5.41, 5.74) is 2.32. The molecule has 0 atom stereocenters. The number of imidazole rings is 1. The lowest BCUT2D eigenvalue weighted by atomic mass is 9.49. The molecule has 0 aliphatic heterocycles. The van der Waals surface area contributed by atoms with Gasteiger partial charge in [-0.1, -0.05) is 34.1 Å². The lowest BCUT2D eigenvalue weighted by molar-refractivity contribution is -0.0197. The van der Waals surface area contributed by atoms with Gasteiger partial charge in [0.2, 0.25) is 0 Å². The van der Waals surface area contributed by atoms with Crippen molar-refractivity contribution in [2.24, 2.45) is 5.41 Å². The molecular weight excluding hydrogens is 458 g/mol. The molecule has 1 amide bonds. The molecule has 2 saturated carbocycles. The number of pyridine rings is 1. The minimum atomic E-state index is -0.140. The zero-order valence-electron chi connectivity index (χ0n) is 16.6. The Kier molecular flexibility index (Phi) is 4.08. The second-order valence-electron chi connectivity index (χ2n) is 8.90. The number of halogens is 1. The minimum Gasteiger partial charge on any atom is -0.348 e. The molecule has 6 rings (SSSR count). The van der Waals surface area contributed by atoms with E-state index in [0.717, 1.165) is 46.9 Å². The summed E-state index contributed by atoms with van der Waals surface area (Å²) in [6.07, 6.45) is 7.70. The Hall–Kier alpha value is -3.00. The quantitative estimate of drug-likeness (QED) is 0.469. The fourth-order valence-corrected chi connectivity index (χ4v) is 5.70. The molecule has 0 unspecified atom stereocenters. The smallest absolute Gasteiger partial charge is 0.272 e. The number of benzene rings is 1. The van der Waals surface area contributed by atoms with Crippen LogP contribution in [0.4, 0.5) is 0 Å². The molecule has 156 valence electrons. The molecule has 0 saturated heterocycles. The predicted molar refractivity (Wildman–Crippen MR) is 120 cm³/mol. The monoisotopic (exact) mass is 477 g/mol. The minimum absolute atomic E-state index is 0.121. The van der Waals surface area contributed by atoms with E-state index < -0.39 is 0 Å². The van der Waals surface area contributed by atoms with Crippen LogP contribution in [-0.2, 0) is 0 Å². The average molecular weight is 478 g/mol. The first-order chi connectivity index (χ1) is 15.0. The van der Waals surface area contributed by atoms with Crippen LogP contribution in [0.25, 0.3) is 16.4 Å². The second-order valence-corrected chi connectivity index (χ2v) is 9.82. The first-order valence-electron chi connectivity index (χ1n) is 10.4. The van der Waals surface area contributed by atoms with E-state index in [1.807, 2.05) is 47.0 Å². The van der Waals surface area contributed by atoms with Crippen molar-refractivity contribution in [2.75, 3.05) is 0 Å². The van der Waals surface area contributed by atoms with Gasteiger partial charge in [-0.3, -0.25) is 9.59 Å². The van der Waals surface area contributed by atoms with E-state index in [0.29, 0.717) is 17.0 Å². The summed E-state index contributed by atoms with van der Waals surface area (Å²) in [5.74, 6) is 0.235. The van der Waals surface area contributed by atoms with Crippen LogP contribution >= 0.6 is 15.9 Å². The molecule has 3 aromatic heterocycles. The topological polar surface area (TPSA) is 92.1 Å². The van der Waals surface area contributed by atoms with Crippen molar-refractivity contribution in [1.82, 2.24) is 24.9 Å². The molecule has 8 heteroatoms. The number of aromatic nitrogens is 4. The Balaban J connectivity index is 1.10. The first kappa shape index (κ1) is 18.7. The van der Waals surface area contributed by atoms with Gasteiger partial charge in [-0.15, -0.1) is 0 Å². The average Bonchev–Trinajstić information content (AvgIpc) is 3.13. The standard InChI is InChI=1S/C23H20BrN5O2/c24-14-5-6-29-12-18(26-19(29)7-14)22(31)25-15-10-23(11-15)8-13(9-23)20-16-3-1-2-4-17(16)21(30)28-27-20/h1-7,12-13,15H,8-11H2,(H,25,31)(H,28,30)/t13-,15-,23?. The van der Waals surface area contributed by atoms with E-state index in [1.54, 1.807) is 6.20 Å². The van der Waals surface area contributed by atoms with Gasteiger partial charge in [-0.05, 0) is 49.3 Å². The van der Waals surface area contributed by atoms with Crippen molar-refractivity contribution in [3.05, 3.63) is 75.0 Å². The summed E-state index contributed by atoms with van der Waals surface area (Å²) < 4.78 is 2.78. The van der Waals surface area contributed by atoms with Crippen LogP contribution in [0.2, 0.25) is 0 Å². The maximum atomic E-state index is 12.6. The number of carbonyl (C=O) groups excluding carboxylic acids is 1. The number of carbonyl (C=O) groups is 1. The van der Waals surface area contributed by atoms with Crippen molar-refractivity contribution < 1.29 is 4.79 Å². The van der Waals surface area contributed by atoms with Crippen molar-refractivity contribution in [2.45, 2.75) is 37.6 Å². The van der Waals surface area contributed by atoms with E-state index in [9.17, 15) is 9.59 Å². The van der Waals surface area contributed by atoms with Gasteiger partial charge < -0.3 is 9.72 Å². The number of aromatic amines is 1. The fraction of sp³-hybridized carbons (Fsp3) is 0.304. The molecule has 2 fully saturated rings. The van der Waals surface area contributed by atoms with Crippen molar-refractivity contribution in [1.29, 1.82) is 0 Å². The highest BCUT2D eigenvalue weighted by molar-refractivity contribution is 9.10. The van der Waals surface area contributed by atoms with Gasteiger partial charge in [0.25, 0.3) is 11.5 Å². The van der Waals surface area contributed by atoms with E-state index in [4.69, 9.17) is 0 Å². The summed E-state index contributed by atoms with van der Waals surface area (Å²) >= 11 is 3.43. The number of H-pyrrole nitrogens is 1. The Morgan fingerprint density at radius 1 is 1.16 bits per heavy atom. The molecule has 1 aromatic carbocycles. The summed E-state index contributed by atoms with van der Waals surface area (Å²) in [7, 11) is 0. The maximum Gasteiger partial charge on any atom is 0.272 e. The van der Waals surface area contributed by atoms with Gasteiger partial charge in [0.15, 0.2) is 0 Å². The lowest BCUT2D eigenvalue weighted by Crippen LogP contribution is -2.55. The number of amides is 1. The Labute approximate surface area is 186 Å². The van der Waals surface area contributed by atoms with Crippen molar-refractivity contribution in [3.63, 3.8) is 0 Å². The summed E-state index contributed by atoms with van der Waals surface area (Å²) in [6, 6.07) is 11.7. The highest BCUT2D eigenvalue weighted by Gasteiger charge is 2.54. The van der Waals surface area contributed by atoms with E-state index >= 15 is 0 Å². The molecule has 4 aromatic rings. The highest BCUT2D eigenvalue weighted by atomic mass is 79.9. The summed E-state index contributed by atoms with van der Waals surface area (Å²) in [5, 5.41) is 11.8. The Morgan fingerprint density at radius 3 is 2.74 bits per heavy atom. The number of rotatable bonds is 3. The van der Waals surface area contributed by atoms with Crippen LogP contribution in [-0.4, -0.2) is 31.5 Å². The molecule has 2 aliphatic rings. The zero-order valence-corrected chi connectivity index (χ0v) is 18.2. The van der Waals surface area contributed by atoms with E-state index in [1.165, 1.54) is 0 Å². The number of nitrogens with one attached hydrogen (secondary N) is 2. The summed E-state index contributed by atoms with van der Waals surface area (Å²) in [6.45, 7) is 0. The van der Waals surface area contributed by atoms with Crippen LogP contribution in [0.15, 0.2) is 58.1 Å². The third-order valence-corrected chi connectivity index (χ3v) is 7.31. The first-order valence-corrected chi connectivity index (χ1v) is 11.2. The van der Waals surface area contributed by atoms with Gasteiger partial charge >= 0.3 is 0 Å². The van der Waals surface area contributed by atoms with Crippen LogP contribution in [0, 0.1) is 5.41 Å². The predicted octanol–water partition coefficient (Wildman–Crippen LogP) is 3.79. The maximum absolute atomic E-state index is 12.6. The van der Waals surface area contributed by atoms with Crippen molar-refractivity contribution >= 4 is 38.3 Å². The van der Waals surface area contributed by atoms with E-state index in [2.05, 4.69) is 36.4 Å². The fourth-order valence-electron chi connectivity index (χ4n) is 5.37. The largest absolute Gasteiger partial charge is 0.348 e. The molecule has 2 N–H and O–H groups in total. The van der Waals surface area contributed by atoms with Gasteiger partial charge in [0, 0.05) is 34.2 Å². The van der Waals surface area contributed by atoms with Crippen LogP contribution < -0.4 is 10.9 Å². The molecule has 3 heterocycles. The Bertz CT molecular complexity index is 1390. The van der Waals surface area contributed by atoms with Crippen LogP contribution in [0.3, 0.4) is 0 Å². The summed E-state index contributed by atoms with van der Waals surface area (Å²) in [4.78, 5) is 29.1. The normalized spacial score (nSPS) is 24.8. The zero-order chi connectivity index (χ0) is 21.2. The number of hydrogen-bond donors (Lipinski definition) is 2. The van der Waals surface area contributed by atoms with E-state index in [-0.39, 0.29) is 22.9 Å². The number of fused-ring (bicyclic) bond motifs is 2. The van der Waals surface area contributed by atoms with Crippen molar-refractivity contribution in [3.8, 4) is 0 Å². The molecule has 7 nitrogen and oxygen atoms in total. The molecule has 0 radical (unpaired) electrons. The van der Waals surface area contributed by atoms with Crippen LogP contribution in [0.5, 0.6) is 0 Å². The SMILES string of the molecule is O=C(N[C@H]1CC2(C1)C[C@H](c1n[nH]c(=O)c3ccccc31)C2)c1cn2ccc(Br)cc2n1. The molecule has 2 aliphatic carbocycles. The Morgan fingerprint density at radius 2 is 1.94 bits per heavy atom. The van der Waals surface area contributed by atoms with Gasteiger partial charge in [0.05, 0.1) is 11.1 Å². The molecular formula is C23H20BrN5O2. The van der Waals surface area contributed by atoms with Gasteiger partial charge in [-0.2, -0.15) is 5.10 Å². The molecule has 31 heavy (non-hydrogen) atoms. The molecule has 0 bridgehead atoms. The molecule has 1 spiro atoms. The van der Waals surface area contributed by atoms with Gasteiger partial charge in [0.1, 0.15) is 11.3 Å². The number of nitrogens with zero attached hydrogens (tertiary/aromatic N) is 3. The number of hydrogen-bond acceptors (Lipinski definition) is 4. The third-order valence-electron chi connectivity index (χ3n) is 6.82. The second kappa shape index (κ2) is 6.75. The highest BCUT2D eigenvalue weighted by Crippen LogP contribution is 2.62. The van der Waals surface area contributed by atoms with Crippen LogP contribution in [0.1, 0.15) is 47.8 Å². The third kappa shape index (κ3) is 3.08. The lowest BCUT2D eigenvalue weighted by Gasteiger charge is -2.57. The van der Waals surface area contributed by atoms with Gasteiger partial charge in [-0.25, -0.2) is 10.1 Å².